The average molecular weight is 211 g/mol. The molecule has 1 saturated heterocycles. The molecule has 0 aromatic heterocycles. The van der Waals surface area contributed by atoms with E-state index in [1.54, 1.807) is 6.07 Å². The van der Waals surface area contributed by atoms with Gasteiger partial charge in [0.05, 0.1) is 19.8 Å². The lowest BCUT2D eigenvalue weighted by Gasteiger charge is -2.24. The molecule has 1 aromatic carbocycles. The normalized spacial score (nSPS) is 21.3. The molecule has 1 aliphatic rings. The number of hydrogen-bond donors (Lipinski definition) is 1. The van der Waals surface area contributed by atoms with Gasteiger partial charge in [-0.05, 0) is 17.7 Å². The Kier molecular flexibility index (Phi) is 3.18. The largest absolute Gasteiger partial charge is 0.494 e. The van der Waals surface area contributed by atoms with Crippen LogP contribution < -0.4 is 10.1 Å². The third-order valence-corrected chi connectivity index (χ3v) is 2.48. The molecule has 4 heteroatoms. The minimum absolute atomic E-state index is 0.0563. The zero-order chi connectivity index (χ0) is 10.7. The summed E-state index contributed by atoms with van der Waals surface area (Å²) in [6.07, 6.45) is -0.0563. The molecule has 15 heavy (non-hydrogen) atoms. The summed E-state index contributed by atoms with van der Waals surface area (Å²) >= 11 is 0. The van der Waals surface area contributed by atoms with Crippen LogP contribution >= 0.6 is 0 Å². The summed E-state index contributed by atoms with van der Waals surface area (Å²) < 4.78 is 23.8. The van der Waals surface area contributed by atoms with Crippen LogP contribution in [-0.2, 0) is 4.74 Å². The van der Waals surface area contributed by atoms with Gasteiger partial charge in [-0.1, -0.05) is 6.07 Å². The van der Waals surface area contributed by atoms with E-state index < -0.39 is 0 Å². The van der Waals surface area contributed by atoms with E-state index in [0.717, 1.165) is 18.7 Å². The zero-order valence-electron chi connectivity index (χ0n) is 8.63. The molecule has 2 rings (SSSR count). The second-order valence-corrected chi connectivity index (χ2v) is 3.46. The zero-order valence-corrected chi connectivity index (χ0v) is 8.63. The fourth-order valence-corrected chi connectivity index (χ4v) is 1.66. The Morgan fingerprint density at radius 2 is 2.40 bits per heavy atom. The molecule has 3 nitrogen and oxygen atoms in total. The fourth-order valence-electron chi connectivity index (χ4n) is 1.66. The number of methoxy groups -OCH3 is 1. The van der Waals surface area contributed by atoms with Crippen molar-refractivity contribution in [1.82, 2.24) is 5.32 Å². The van der Waals surface area contributed by atoms with Gasteiger partial charge >= 0.3 is 0 Å². The molecule has 0 amide bonds. The highest BCUT2D eigenvalue weighted by atomic mass is 19.1. The summed E-state index contributed by atoms with van der Waals surface area (Å²) in [6, 6.07) is 4.93. The highest BCUT2D eigenvalue weighted by Crippen LogP contribution is 2.24. The molecule has 1 N–H and O–H groups in total. The molecule has 0 radical (unpaired) electrons. The van der Waals surface area contributed by atoms with Crippen LogP contribution in [0.5, 0.6) is 5.75 Å². The second kappa shape index (κ2) is 4.59. The maximum absolute atomic E-state index is 13.4. The van der Waals surface area contributed by atoms with Gasteiger partial charge in [-0.2, -0.15) is 0 Å². The van der Waals surface area contributed by atoms with Gasteiger partial charge in [-0.3, -0.25) is 0 Å². The molecular formula is C11H14FNO2. The van der Waals surface area contributed by atoms with E-state index in [1.165, 1.54) is 13.2 Å². The van der Waals surface area contributed by atoms with Crippen LogP contribution in [0.25, 0.3) is 0 Å². The monoisotopic (exact) mass is 211 g/mol. The van der Waals surface area contributed by atoms with E-state index in [4.69, 9.17) is 9.47 Å². The number of morpholine rings is 1. The molecule has 0 spiro atoms. The Labute approximate surface area is 88.2 Å². The van der Waals surface area contributed by atoms with Gasteiger partial charge in [0.2, 0.25) is 0 Å². The fraction of sp³-hybridized carbons (Fsp3) is 0.455. The summed E-state index contributed by atoms with van der Waals surface area (Å²) in [5, 5.41) is 3.20. The average Bonchev–Trinajstić information content (AvgIpc) is 2.30. The van der Waals surface area contributed by atoms with Gasteiger partial charge in [0.15, 0.2) is 11.6 Å². The molecule has 0 bridgehead atoms. The molecule has 0 aliphatic carbocycles. The van der Waals surface area contributed by atoms with Crippen LogP contribution in [0.3, 0.4) is 0 Å². The van der Waals surface area contributed by atoms with Crippen molar-refractivity contribution in [1.29, 1.82) is 0 Å². The molecule has 1 unspecified atom stereocenters. The van der Waals surface area contributed by atoms with Crippen LogP contribution in [0, 0.1) is 5.82 Å². The number of halogens is 1. The molecule has 1 aromatic rings. The number of benzene rings is 1. The Balaban J connectivity index is 2.17. The molecule has 1 atom stereocenters. The number of hydrogen-bond acceptors (Lipinski definition) is 3. The van der Waals surface area contributed by atoms with Crippen molar-refractivity contribution in [2.45, 2.75) is 6.10 Å². The van der Waals surface area contributed by atoms with Crippen LogP contribution in [0.4, 0.5) is 4.39 Å². The van der Waals surface area contributed by atoms with Crippen LogP contribution in [0.15, 0.2) is 18.2 Å². The van der Waals surface area contributed by atoms with E-state index in [0.29, 0.717) is 6.61 Å². The van der Waals surface area contributed by atoms with Gasteiger partial charge in [0.25, 0.3) is 0 Å². The summed E-state index contributed by atoms with van der Waals surface area (Å²) in [5.41, 5.74) is 0.848. The summed E-state index contributed by atoms with van der Waals surface area (Å²) in [4.78, 5) is 0. The van der Waals surface area contributed by atoms with Crippen molar-refractivity contribution in [3.05, 3.63) is 29.6 Å². The van der Waals surface area contributed by atoms with E-state index in [-0.39, 0.29) is 17.7 Å². The minimum Gasteiger partial charge on any atom is -0.494 e. The van der Waals surface area contributed by atoms with Gasteiger partial charge in [0.1, 0.15) is 0 Å². The van der Waals surface area contributed by atoms with E-state index in [1.807, 2.05) is 6.07 Å². The minimum atomic E-state index is -0.343. The van der Waals surface area contributed by atoms with Crippen LogP contribution in [0.2, 0.25) is 0 Å². The molecule has 82 valence electrons. The van der Waals surface area contributed by atoms with E-state index >= 15 is 0 Å². The Bertz CT molecular complexity index is 337. The highest BCUT2D eigenvalue weighted by Gasteiger charge is 2.17. The van der Waals surface area contributed by atoms with Gasteiger partial charge < -0.3 is 14.8 Å². The predicted octanol–water partition coefficient (Wildman–Crippen LogP) is 1.50. The van der Waals surface area contributed by atoms with Crippen molar-refractivity contribution < 1.29 is 13.9 Å². The lowest BCUT2D eigenvalue weighted by molar-refractivity contribution is 0.0275. The summed E-state index contributed by atoms with van der Waals surface area (Å²) in [5.74, 6) is -0.0771. The highest BCUT2D eigenvalue weighted by molar-refractivity contribution is 5.30. The summed E-state index contributed by atoms with van der Waals surface area (Å²) in [7, 11) is 1.46. The predicted molar refractivity (Wildman–Crippen MR) is 54.5 cm³/mol. The quantitative estimate of drug-likeness (QED) is 0.804. The topological polar surface area (TPSA) is 30.5 Å². The maximum Gasteiger partial charge on any atom is 0.165 e. The lowest BCUT2D eigenvalue weighted by atomic mass is 10.1. The maximum atomic E-state index is 13.4. The van der Waals surface area contributed by atoms with E-state index in [9.17, 15) is 4.39 Å². The third kappa shape index (κ3) is 2.27. The van der Waals surface area contributed by atoms with Crippen molar-refractivity contribution in [3.8, 4) is 5.75 Å². The molecule has 1 aliphatic heterocycles. The van der Waals surface area contributed by atoms with Crippen molar-refractivity contribution >= 4 is 0 Å². The van der Waals surface area contributed by atoms with Gasteiger partial charge in [0, 0.05) is 13.1 Å². The first kappa shape index (κ1) is 10.4. The molecular weight excluding hydrogens is 197 g/mol. The number of nitrogens with one attached hydrogen (secondary N) is 1. The van der Waals surface area contributed by atoms with Crippen molar-refractivity contribution in [2.75, 3.05) is 26.8 Å². The Hall–Kier alpha value is -1.13. The van der Waals surface area contributed by atoms with Crippen LogP contribution in [0.1, 0.15) is 11.7 Å². The van der Waals surface area contributed by atoms with Gasteiger partial charge in [-0.15, -0.1) is 0 Å². The second-order valence-electron chi connectivity index (χ2n) is 3.46. The Morgan fingerprint density at radius 3 is 3.00 bits per heavy atom. The smallest absolute Gasteiger partial charge is 0.165 e. The standard InChI is InChI=1S/C11H14FNO2/c1-14-10-3-2-8(6-9(10)12)11-7-13-4-5-15-11/h2-3,6,11,13H,4-5,7H2,1H3. The molecule has 1 fully saturated rings. The lowest BCUT2D eigenvalue weighted by Crippen LogP contribution is -2.33. The Morgan fingerprint density at radius 1 is 1.53 bits per heavy atom. The first-order valence-corrected chi connectivity index (χ1v) is 4.97. The first-order valence-electron chi connectivity index (χ1n) is 4.97. The first-order chi connectivity index (χ1) is 7.31. The van der Waals surface area contributed by atoms with Crippen LogP contribution in [-0.4, -0.2) is 26.8 Å². The number of ether oxygens (including phenoxy) is 2. The van der Waals surface area contributed by atoms with Gasteiger partial charge in [-0.25, -0.2) is 4.39 Å². The molecule has 0 saturated carbocycles. The summed E-state index contributed by atoms with van der Waals surface area (Å²) in [6.45, 7) is 2.25. The number of rotatable bonds is 2. The molecule has 1 heterocycles. The SMILES string of the molecule is COc1ccc(C2CNCCO2)cc1F. The van der Waals surface area contributed by atoms with Crippen molar-refractivity contribution in [3.63, 3.8) is 0 Å². The van der Waals surface area contributed by atoms with Crippen molar-refractivity contribution in [2.24, 2.45) is 0 Å². The van der Waals surface area contributed by atoms with E-state index in [2.05, 4.69) is 5.32 Å². The third-order valence-electron chi connectivity index (χ3n) is 2.48.